The van der Waals surface area contributed by atoms with Crippen LogP contribution in [-0.4, -0.2) is 142 Å². The Bertz CT molecular complexity index is 1550. The average molecular weight is 1120 g/mol. The van der Waals surface area contributed by atoms with Gasteiger partial charge in [-0.25, -0.2) is 0 Å². The summed E-state index contributed by atoms with van der Waals surface area (Å²) in [5.41, 5.74) is 0. The summed E-state index contributed by atoms with van der Waals surface area (Å²) in [5, 5.41) is 72.4. The van der Waals surface area contributed by atoms with E-state index < -0.39 is 99.3 Å². The van der Waals surface area contributed by atoms with Crippen LogP contribution in [0.5, 0.6) is 0 Å². The Morgan fingerprint density at radius 1 is 0.405 bits per heavy atom. The molecule has 2 fully saturated rings. The number of unbranched alkanes of at least 4 members (excludes halogenated alkanes) is 29. The van der Waals surface area contributed by atoms with Crippen LogP contribution >= 0.6 is 0 Å². The lowest BCUT2D eigenvalue weighted by atomic mass is 9.98. The second kappa shape index (κ2) is 50.0. The number of carbonyl (C=O) groups is 2. The van der Waals surface area contributed by atoms with E-state index in [1.807, 2.05) is 6.08 Å². The zero-order valence-electron chi connectivity index (χ0n) is 49.4. The van der Waals surface area contributed by atoms with Crippen LogP contribution in [0.4, 0.5) is 0 Å². The van der Waals surface area contributed by atoms with Crippen molar-refractivity contribution in [1.82, 2.24) is 0 Å². The number of hydrogen-bond donors (Lipinski definition) is 7. The van der Waals surface area contributed by atoms with Crippen molar-refractivity contribution in [1.29, 1.82) is 0 Å². The molecule has 0 amide bonds. The zero-order valence-corrected chi connectivity index (χ0v) is 49.4. The van der Waals surface area contributed by atoms with Crippen molar-refractivity contribution >= 4 is 11.9 Å². The van der Waals surface area contributed by atoms with E-state index in [0.717, 1.165) is 44.9 Å². The molecule has 0 spiro atoms. The highest BCUT2D eigenvalue weighted by Crippen LogP contribution is 2.27. The molecule has 7 N–H and O–H groups in total. The maximum atomic E-state index is 13.1. The van der Waals surface area contributed by atoms with Gasteiger partial charge in [0.15, 0.2) is 18.7 Å². The highest BCUT2D eigenvalue weighted by atomic mass is 16.7. The zero-order chi connectivity index (χ0) is 57.4. The van der Waals surface area contributed by atoms with Gasteiger partial charge >= 0.3 is 11.9 Å². The fourth-order valence-electron chi connectivity index (χ4n) is 9.92. The Morgan fingerprint density at radius 3 is 1.23 bits per heavy atom. The quantitative estimate of drug-likeness (QED) is 0.0171. The van der Waals surface area contributed by atoms with Gasteiger partial charge in [0.05, 0.1) is 19.8 Å². The second-order valence-electron chi connectivity index (χ2n) is 22.2. The fraction of sp³-hybridized carbons (Fsp3) is 0.844. The molecule has 0 aromatic rings. The van der Waals surface area contributed by atoms with Gasteiger partial charge in [-0.1, -0.05) is 236 Å². The predicted molar refractivity (Wildman–Crippen MR) is 312 cm³/mol. The lowest BCUT2D eigenvalue weighted by Crippen LogP contribution is -2.61. The van der Waals surface area contributed by atoms with Crippen LogP contribution in [-0.2, 0) is 38.0 Å². The molecule has 2 aliphatic heterocycles. The first-order valence-corrected chi connectivity index (χ1v) is 31.7. The molecule has 460 valence electrons. The van der Waals surface area contributed by atoms with Crippen LogP contribution in [0.25, 0.3) is 0 Å². The number of carbonyl (C=O) groups excluding carboxylic acids is 2. The van der Waals surface area contributed by atoms with Crippen molar-refractivity contribution in [3.8, 4) is 0 Å². The molecule has 2 aliphatic rings. The minimum atomic E-state index is -1.78. The maximum Gasteiger partial charge on any atom is 0.306 e. The third kappa shape index (κ3) is 36.6. The molecule has 0 aromatic heterocycles. The molecule has 11 atom stereocenters. The van der Waals surface area contributed by atoms with Crippen molar-refractivity contribution in [2.24, 2.45) is 0 Å². The summed E-state index contributed by atoms with van der Waals surface area (Å²) in [6.45, 7) is 2.58. The van der Waals surface area contributed by atoms with Crippen molar-refractivity contribution in [3.05, 3.63) is 48.6 Å². The minimum Gasteiger partial charge on any atom is -0.462 e. The minimum absolute atomic E-state index is 0.0905. The van der Waals surface area contributed by atoms with Crippen molar-refractivity contribution in [3.63, 3.8) is 0 Å². The van der Waals surface area contributed by atoms with Gasteiger partial charge in [0, 0.05) is 12.8 Å². The second-order valence-corrected chi connectivity index (χ2v) is 22.2. The van der Waals surface area contributed by atoms with Crippen LogP contribution in [0.15, 0.2) is 48.6 Å². The number of allylic oxidation sites excluding steroid dienone is 8. The van der Waals surface area contributed by atoms with E-state index in [1.165, 1.54) is 161 Å². The Balaban J connectivity index is 1.74. The van der Waals surface area contributed by atoms with E-state index in [4.69, 9.17) is 28.4 Å². The van der Waals surface area contributed by atoms with Gasteiger partial charge in [0.2, 0.25) is 0 Å². The first-order valence-electron chi connectivity index (χ1n) is 31.7. The summed E-state index contributed by atoms with van der Waals surface area (Å²) >= 11 is 0. The number of ether oxygens (including phenoxy) is 6. The van der Waals surface area contributed by atoms with E-state index in [0.29, 0.717) is 19.3 Å². The molecule has 0 aliphatic carbocycles. The molecular weight excluding hydrogens is 1010 g/mol. The van der Waals surface area contributed by atoms with E-state index in [2.05, 4.69) is 56.4 Å². The highest BCUT2D eigenvalue weighted by molar-refractivity contribution is 5.70. The topological polar surface area (TPSA) is 231 Å². The molecule has 4 unspecified atom stereocenters. The van der Waals surface area contributed by atoms with Gasteiger partial charge in [-0.05, 0) is 51.4 Å². The lowest BCUT2D eigenvalue weighted by Gasteiger charge is -2.42. The molecule has 15 nitrogen and oxygen atoms in total. The standard InChI is InChI=1S/C64H114O15/c1-3-5-7-9-11-13-15-17-19-21-23-25-27-28-30-32-34-36-38-40-42-44-46-55(66)74-49-52(50-75-63-62(73)60(71)58(69)54(79-63)51-76-64-61(72)59(70)57(68)53(48-65)78-64)77-56(67)47-45-43-41-39-37-35-33-31-29-26-24-22-20-18-16-14-12-10-8-6-4-2/h20,22,26,29,33,35,39,41,52-54,57-65,68-73H,3-19,21,23-25,27-28,30-32,34,36-38,40,42-51H2,1-2H3/b22-20+,29-26+,35-33+,41-39+/t52-,53+,54+,57-,58-,59?,60?,61?,62?,63+,64+/m0/s1. The number of rotatable bonds is 51. The Kier molecular flexibility index (Phi) is 45.9. The van der Waals surface area contributed by atoms with Gasteiger partial charge in [0.1, 0.15) is 55.4 Å². The monoisotopic (exact) mass is 1120 g/mol. The summed E-state index contributed by atoms with van der Waals surface area (Å²) < 4.78 is 33.7. The number of aliphatic hydroxyl groups is 7. The third-order valence-electron chi connectivity index (χ3n) is 15.1. The van der Waals surface area contributed by atoms with E-state index >= 15 is 0 Å². The first kappa shape index (κ1) is 72.6. The van der Waals surface area contributed by atoms with E-state index in [1.54, 1.807) is 0 Å². The maximum absolute atomic E-state index is 13.1. The molecule has 0 bridgehead atoms. The highest BCUT2D eigenvalue weighted by Gasteiger charge is 2.47. The van der Waals surface area contributed by atoms with Crippen LogP contribution in [0.3, 0.4) is 0 Å². The van der Waals surface area contributed by atoms with Crippen molar-refractivity contribution in [2.75, 3.05) is 26.4 Å². The molecule has 0 saturated carbocycles. The van der Waals surface area contributed by atoms with Crippen LogP contribution in [0, 0.1) is 0 Å². The Labute approximate surface area is 478 Å². The molecular formula is C64H114O15. The van der Waals surface area contributed by atoms with E-state index in [9.17, 15) is 45.3 Å². The molecule has 2 saturated heterocycles. The predicted octanol–water partition coefficient (Wildman–Crippen LogP) is 11.8. The fourth-order valence-corrected chi connectivity index (χ4v) is 9.92. The summed E-state index contributed by atoms with van der Waals surface area (Å²) in [4.78, 5) is 25.9. The Hall–Kier alpha value is -2.54. The molecule has 79 heavy (non-hydrogen) atoms. The van der Waals surface area contributed by atoms with E-state index in [-0.39, 0.29) is 19.4 Å². The largest absolute Gasteiger partial charge is 0.462 e. The first-order chi connectivity index (χ1) is 38.5. The molecule has 2 heterocycles. The van der Waals surface area contributed by atoms with Gasteiger partial charge in [-0.2, -0.15) is 0 Å². The Morgan fingerprint density at radius 2 is 0.772 bits per heavy atom. The SMILES string of the molecule is CCCCCCCCC/C=C/C/C=C/C/C=C/C/C=C/CCCC(=O)O[C@@H](COC(=O)CCCCCCCCCCCCCCCCCCCCCCCC)CO[C@@H]1O[C@H](CO[C@@H]2O[C@H](CO)[C@H](O)C(O)C2O)[C@H](O)C(O)C1O. The molecule has 2 rings (SSSR count). The summed E-state index contributed by atoms with van der Waals surface area (Å²) in [6.07, 6.45) is 42.9. The number of hydrogen-bond acceptors (Lipinski definition) is 15. The van der Waals surface area contributed by atoms with Crippen LogP contribution in [0.2, 0.25) is 0 Å². The molecule has 0 aromatic carbocycles. The van der Waals surface area contributed by atoms with Gasteiger partial charge in [-0.15, -0.1) is 0 Å². The summed E-state index contributed by atoms with van der Waals surface area (Å²) in [5.74, 6) is -0.979. The van der Waals surface area contributed by atoms with Crippen molar-refractivity contribution < 1.29 is 73.8 Å². The summed E-state index contributed by atoms with van der Waals surface area (Å²) in [6, 6.07) is 0. The van der Waals surface area contributed by atoms with Gasteiger partial charge in [-0.3, -0.25) is 9.59 Å². The van der Waals surface area contributed by atoms with Crippen LogP contribution in [0.1, 0.15) is 251 Å². The average Bonchev–Trinajstić information content (AvgIpc) is 3.52. The lowest BCUT2D eigenvalue weighted by molar-refractivity contribution is -0.332. The molecule has 0 radical (unpaired) electrons. The van der Waals surface area contributed by atoms with Gasteiger partial charge in [0.25, 0.3) is 0 Å². The van der Waals surface area contributed by atoms with Crippen LogP contribution < -0.4 is 0 Å². The summed E-state index contributed by atoms with van der Waals surface area (Å²) in [7, 11) is 0. The van der Waals surface area contributed by atoms with Crippen molar-refractivity contribution in [2.45, 2.75) is 319 Å². The third-order valence-corrected chi connectivity index (χ3v) is 15.1. The number of aliphatic hydroxyl groups excluding tert-OH is 7. The smallest absolute Gasteiger partial charge is 0.306 e. The van der Waals surface area contributed by atoms with Gasteiger partial charge < -0.3 is 64.2 Å². The normalized spacial score (nSPS) is 24.2. The number of esters is 2. The molecule has 15 heteroatoms.